The van der Waals surface area contributed by atoms with Gasteiger partial charge in [-0.05, 0) is 41.5 Å². The van der Waals surface area contributed by atoms with Crippen molar-refractivity contribution in [2.75, 3.05) is 11.5 Å². The van der Waals surface area contributed by atoms with Gasteiger partial charge in [-0.1, -0.05) is 53.2 Å². The number of hydrogen-bond acceptors (Lipinski definition) is 5. The zero-order valence-corrected chi connectivity index (χ0v) is 17.6. The predicted molar refractivity (Wildman–Crippen MR) is 116 cm³/mol. The van der Waals surface area contributed by atoms with Gasteiger partial charge < -0.3 is 15.0 Å². The molecule has 0 radical (unpaired) electrons. The van der Waals surface area contributed by atoms with Gasteiger partial charge in [0.15, 0.2) is 18.2 Å². The minimum Gasteiger partial charge on any atom is -0.478 e. The third-order valence-electron chi connectivity index (χ3n) is 4.24. The van der Waals surface area contributed by atoms with Crippen LogP contribution >= 0.6 is 47.2 Å². The molecule has 2 aliphatic rings. The largest absolute Gasteiger partial charge is 0.478 e. The fourth-order valence-corrected chi connectivity index (χ4v) is 4.30. The van der Waals surface area contributed by atoms with Crippen LogP contribution in [0.2, 0.25) is 10.0 Å². The monoisotopic (exact) mass is 468 g/mol. The van der Waals surface area contributed by atoms with E-state index in [2.05, 4.69) is 5.32 Å². The first-order valence-corrected chi connectivity index (χ1v) is 10.3. The van der Waals surface area contributed by atoms with E-state index in [-0.39, 0.29) is 36.4 Å². The van der Waals surface area contributed by atoms with Crippen LogP contribution in [0.25, 0.3) is 6.08 Å². The summed E-state index contributed by atoms with van der Waals surface area (Å²) >= 11 is 18.1. The number of fused-ring (bicyclic) bond motifs is 1. The molecule has 1 N–H and O–H groups in total. The Kier molecular flexibility index (Phi) is 5.52. The van der Waals surface area contributed by atoms with Crippen molar-refractivity contribution in [1.29, 1.82) is 0 Å². The van der Waals surface area contributed by atoms with Crippen molar-refractivity contribution in [3.05, 3.63) is 62.2 Å². The van der Waals surface area contributed by atoms with Crippen molar-refractivity contribution in [2.45, 2.75) is 6.54 Å². The number of halogens is 3. The first-order chi connectivity index (χ1) is 13.8. The molecule has 148 valence electrons. The second-order valence-electron chi connectivity index (χ2n) is 6.22. The van der Waals surface area contributed by atoms with E-state index in [0.29, 0.717) is 24.8 Å². The smallest absolute Gasteiger partial charge is 0.265 e. The maximum absolute atomic E-state index is 14.7. The minimum absolute atomic E-state index is 0.0224. The molecule has 2 heterocycles. The summed E-state index contributed by atoms with van der Waals surface area (Å²) in [7, 11) is 0. The molecular formula is C19H11Cl2FN2O3S2. The Labute approximate surface area is 184 Å². The van der Waals surface area contributed by atoms with Gasteiger partial charge in [-0.15, -0.1) is 0 Å². The van der Waals surface area contributed by atoms with Gasteiger partial charge in [0.2, 0.25) is 0 Å². The molecule has 0 unspecified atom stereocenters. The first-order valence-electron chi connectivity index (χ1n) is 8.27. The summed E-state index contributed by atoms with van der Waals surface area (Å²) in [6, 6.07) is 7.85. The van der Waals surface area contributed by atoms with E-state index in [1.165, 1.54) is 17.0 Å². The Balaban J connectivity index is 1.73. The van der Waals surface area contributed by atoms with Crippen LogP contribution in [0.3, 0.4) is 0 Å². The molecule has 0 aromatic heterocycles. The van der Waals surface area contributed by atoms with Crippen LogP contribution in [0.15, 0.2) is 35.2 Å². The normalized spacial score (nSPS) is 17.4. The highest BCUT2D eigenvalue weighted by Gasteiger charge is 2.29. The fraction of sp³-hybridized carbons (Fsp3) is 0.105. The highest BCUT2D eigenvalue weighted by molar-refractivity contribution is 8.26. The number of amides is 2. The number of rotatable bonds is 3. The molecule has 0 aliphatic carbocycles. The Bertz CT molecular complexity index is 1110. The van der Waals surface area contributed by atoms with E-state index in [1.54, 1.807) is 24.3 Å². The lowest BCUT2D eigenvalue weighted by Gasteiger charge is -2.30. The quantitative estimate of drug-likeness (QED) is 0.528. The van der Waals surface area contributed by atoms with E-state index in [1.807, 2.05) is 0 Å². The Morgan fingerprint density at radius 3 is 2.72 bits per heavy atom. The van der Waals surface area contributed by atoms with Crippen molar-refractivity contribution in [2.24, 2.45) is 0 Å². The molecule has 5 nitrogen and oxygen atoms in total. The molecule has 1 fully saturated rings. The number of hydrogen-bond donors (Lipinski definition) is 1. The number of benzene rings is 2. The Morgan fingerprint density at radius 1 is 1.24 bits per heavy atom. The summed E-state index contributed by atoms with van der Waals surface area (Å²) < 4.78 is 20.3. The van der Waals surface area contributed by atoms with Gasteiger partial charge in [-0.25, -0.2) is 4.39 Å². The lowest BCUT2D eigenvalue weighted by molar-refractivity contribution is -0.121. The molecule has 4 rings (SSSR count). The summed E-state index contributed by atoms with van der Waals surface area (Å²) in [6.45, 7) is -0.122. The average Bonchev–Trinajstić information content (AvgIpc) is 2.97. The van der Waals surface area contributed by atoms with Crippen LogP contribution in [0, 0.1) is 5.82 Å². The van der Waals surface area contributed by atoms with Gasteiger partial charge in [0, 0.05) is 0 Å². The van der Waals surface area contributed by atoms with Gasteiger partial charge in [-0.3, -0.25) is 9.59 Å². The van der Waals surface area contributed by atoms with Crippen molar-refractivity contribution >= 4 is 75.1 Å². The Morgan fingerprint density at radius 2 is 2.03 bits per heavy atom. The molecule has 0 atom stereocenters. The highest BCUT2D eigenvalue weighted by atomic mass is 35.5. The van der Waals surface area contributed by atoms with Crippen molar-refractivity contribution < 1.29 is 18.7 Å². The van der Waals surface area contributed by atoms with Crippen LogP contribution in [0.1, 0.15) is 11.1 Å². The lowest BCUT2D eigenvalue weighted by Crippen LogP contribution is -2.38. The third-order valence-corrected chi connectivity index (χ3v) is 6.14. The minimum atomic E-state index is -0.632. The summed E-state index contributed by atoms with van der Waals surface area (Å²) in [5.41, 5.74) is 1.40. The van der Waals surface area contributed by atoms with E-state index in [0.717, 1.165) is 17.3 Å². The number of nitrogens with zero attached hydrogens (tertiary/aromatic N) is 1. The summed E-state index contributed by atoms with van der Waals surface area (Å²) in [6.07, 6.45) is 1.51. The molecule has 0 saturated carbocycles. The molecule has 1 saturated heterocycles. The lowest BCUT2D eigenvalue weighted by atomic mass is 10.1. The molecule has 10 heteroatoms. The van der Waals surface area contributed by atoms with E-state index in [9.17, 15) is 14.0 Å². The van der Waals surface area contributed by atoms with Gasteiger partial charge in [0.05, 0.1) is 27.2 Å². The van der Waals surface area contributed by atoms with E-state index >= 15 is 0 Å². The Hall–Kier alpha value is -2.13. The fourth-order valence-electron chi connectivity index (χ4n) is 2.94. The second-order valence-corrected chi connectivity index (χ2v) is 8.75. The summed E-state index contributed by atoms with van der Waals surface area (Å²) in [4.78, 5) is 26.1. The molecule has 0 spiro atoms. The number of thioether (sulfide) groups is 1. The number of thiocarbonyl (C=S) groups is 1. The molecule has 2 aromatic rings. The molecule has 2 amide bonds. The highest BCUT2D eigenvalue weighted by Crippen LogP contribution is 2.38. The van der Waals surface area contributed by atoms with E-state index in [4.69, 9.17) is 40.2 Å². The molecule has 2 aromatic carbocycles. The summed E-state index contributed by atoms with van der Waals surface area (Å²) in [5.74, 6) is -1.34. The van der Waals surface area contributed by atoms with E-state index < -0.39 is 5.82 Å². The van der Waals surface area contributed by atoms with Gasteiger partial charge in [0.25, 0.3) is 11.8 Å². The van der Waals surface area contributed by atoms with Crippen LogP contribution in [0.5, 0.6) is 5.75 Å². The maximum atomic E-state index is 14.7. The molecular weight excluding hydrogens is 458 g/mol. The first kappa shape index (κ1) is 20.2. The van der Waals surface area contributed by atoms with Gasteiger partial charge in [0.1, 0.15) is 4.32 Å². The molecule has 0 bridgehead atoms. The summed E-state index contributed by atoms with van der Waals surface area (Å²) in [5, 5.41) is 3.26. The maximum Gasteiger partial charge on any atom is 0.265 e. The number of carbonyl (C=O) groups is 2. The third kappa shape index (κ3) is 4.11. The van der Waals surface area contributed by atoms with Crippen LogP contribution in [-0.2, 0) is 16.1 Å². The predicted octanol–water partition coefficient (Wildman–Crippen LogP) is 4.55. The number of carbonyl (C=O) groups excluding carboxylic acids is 2. The van der Waals surface area contributed by atoms with Crippen LogP contribution < -0.4 is 15.0 Å². The van der Waals surface area contributed by atoms with Gasteiger partial charge >= 0.3 is 0 Å². The second kappa shape index (κ2) is 7.95. The van der Waals surface area contributed by atoms with Crippen LogP contribution in [0.4, 0.5) is 10.1 Å². The molecule has 29 heavy (non-hydrogen) atoms. The van der Waals surface area contributed by atoms with Crippen molar-refractivity contribution in [1.82, 2.24) is 5.32 Å². The number of nitrogens with one attached hydrogen (secondary N) is 1. The van der Waals surface area contributed by atoms with Gasteiger partial charge in [-0.2, -0.15) is 0 Å². The van der Waals surface area contributed by atoms with Crippen molar-refractivity contribution in [3.8, 4) is 5.75 Å². The number of ether oxygens (including phenoxy) is 1. The standard InChI is InChI=1S/C19H11Cl2FN2O3S2/c20-11-2-1-9(3-12(11)21)7-24-14-5-10(6-15-18(26)23-19(28)29-15)4-13(22)17(14)27-8-16(24)25/h1-6H,7-8H2,(H,23,26,28). The van der Waals surface area contributed by atoms with Crippen LogP contribution in [-0.4, -0.2) is 22.7 Å². The van der Waals surface area contributed by atoms with Crippen molar-refractivity contribution in [3.63, 3.8) is 0 Å². The zero-order valence-electron chi connectivity index (χ0n) is 14.5. The SMILES string of the molecule is O=C1NC(=S)SC1=Cc1cc(F)c2c(c1)N(Cc1ccc(Cl)c(Cl)c1)C(=O)CO2. The average molecular weight is 469 g/mol. The number of anilines is 1. The molecule has 2 aliphatic heterocycles. The zero-order chi connectivity index (χ0) is 20.7. The topological polar surface area (TPSA) is 58.6 Å².